The number of amides is 1. The van der Waals surface area contributed by atoms with Gasteiger partial charge >= 0.3 is 6.09 Å². The number of hydrogen-bond donors (Lipinski definition) is 1. The van der Waals surface area contributed by atoms with Crippen LogP contribution in [-0.4, -0.2) is 48.7 Å². The molecule has 0 radical (unpaired) electrons. The Morgan fingerprint density at radius 2 is 2.00 bits per heavy atom. The Hall–Kier alpha value is -0.910. The lowest BCUT2D eigenvalue weighted by molar-refractivity contribution is -0.157. The van der Waals surface area contributed by atoms with Gasteiger partial charge in [0.05, 0.1) is 12.0 Å². The van der Waals surface area contributed by atoms with Crippen LogP contribution in [0, 0.1) is 5.41 Å². The molecule has 0 aromatic carbocycles. The lowest BCUT2D eigenvalue weighted by Crippen LogP contribution is -2.58. The Morgan fingerprint density at radius 3 is 2.47 bits per heavy atom. The van der Waals surface area contributed by atoms with Crippen LogP contribution in [0.15, 0.2) is 0 Å². The highest BCUT2D eigenvalue weighted by atomic mass is 19.3. The maximum absolute atomic E-state index is 14.3. The third-order valence-electron chi connectivity index (χ3n) is 3.92. The van der Waals surface area contributed by atoms with E-state index in [1.54, 1.807) is 20.8 Å². The van der Waals surface area contributed by atoms with Crippen molar-refractivity contribution >= 4 is 6.09 Å². The molecule has 2 heterocycles. The standard InChI is InChI=1S/C13H22F2N2O2/c1-11(2,3)19-10(18)17-7-5-12(4-6-16-8-12)13(14,15)9-17/h16H,4-9H2,1-3H3. The first-order valence-electron chi connectivity index (χ1n) is 6.72. The Balaban J connectivity index is 2.04. The van der Waals surface area contributed by atoms with Crippen LogP contribution in [0.1, 0.15) is 33.6 Å². The number of halogens is 2. The summed E-state index contributed by atoms with van der Waals surface area (Å²) in [6, 6.07) is 0. The summed E-state index contributed by atoms with van der Waals surface area (Å²) in [6.07, 6.45) is 0.155. The number of rotatable bonds is 0. The molecular formula is C13H22F2N2O2. The van der Waals surface area contributed by atoms with Gasteiger partial charge in [-0.15, -0.1) is 0 Å². The molecule has 6 heteroatoms. The van der Waals surface area contributed by atoms with E-state index in [9.17, 15) is 13.6 Å². The molecule has 1 spiro atoms. The summed E-state index contributed by atoms with van der Waals surface area (Å²) in [5.41, 5.74) is -1.64. The largest absolute Gasteiger partial charge is 0.444 e. The molecule has 0 aliphatic carbocycles. The fraction of sp³-hybridized carbons (Fsp3) is 0.923. The highest BCUT2D eigenvalue weighted by molar-refractivity contribution is 5.68. The second-order valence-electron chi connectivity index (χ2n) is 6.56. The topological polar surface area (TPSA) is 41.6 Å². The molecule has 0 saturated carbocycles. The molecule has 1 N–H and O–H groups in total. The first-order valence-corrected chi connectivity index (χ1v) is 6.72. The first kappa shape index (κ1) is 14.5. The quantitative estimate of drug-likeness (QED) is 0.738. The van der Waals surface area contributed by atoms with E-state index >= 15 is 0 Å². The van der Waals surface area contributed by atoms with Gasteiger partial charge in [-0.1, -0.05) is 0 Å². The van der Waals surface area contributed by atoms with Gasteiger partial charge in [-0.25, -0.2) is 13.6 Å². The van der Waals surface area contributed by atoms with Crippen molar-refractivity contribution in [1.29, 1.82) is 0 Å². The van der Waals surface area contributed by atoms with Crippen LogP contribution in [0.25, 0.3) is 0 Å². The summed E-state index contributed by atoms with van der Waals surface area (Å²) in [7, 11) is 0. The van der Waals surface area contributed by atoms with Crippen molar-refractivity contribution < 1.29 is 18.3 Å². The van der Waals surface area contributed by atoms with Gasteiger partial charge in [0.25, 0.3) is 5.92 Å². The van der Waals surface area contributed by atoms with Gasteiger partial charge in [-0.3, -0.25) is 0 Å². The smallest absolute Gasteiger partial charge is 0.410 e. The van der Waals surface area contributed by atoms with Crippen LogP contribution in [0.5, 0.6) is 0 Å². The minimum Gasteiger partial charge on any atom is -0.444 e. The van der Waals surface area contributed by atoms with E-state index < -0.39 is 29.6 Å². The van der Waals surface area contributed by atoms with Crippen molar-refractivity contribution in [2.45, 2.75) is 45.1 Å². The van der Waals surface area contributed by atoms with Gasteiger partial charge in [-0.05, 0) is 40.2 Å². The number of piperidine rings is 1. The summed E-state index contributed by atoms with van der Waals surface area (Å²) < 4.78 is 33.8. The third-order valence-corrected chi connectivity index (χ3v) is 3.92. The first-order chi connectivity index (χ1) is 8.65. The number of alkyl halides is 2. The van der Waals surface area contributed by atoms with Crippen LogP contribution in [0.2, 0.25) is 0 Å². The Morgan fingerprint density at radius 1 is 1.32 bits per heavy atom. The van der Waals surface area contributed by atoms with E-state index in [-0.39, 0.29) is 0 Å². The van der Waals surface area contributed by atoms with Crippen molar-refractivity contribution in [3.63, 3.8) is 0 Å². The predicted octanol–water partition coefficient (Wildman–Crippen LogP) is 2.24. The second-order valence-corrected chi connectivity index (χ2v) is 6.56. The molecule has 1 atom stereocenters. The van der Waals surface area contributed by atoms with Crippen molar-refractivity contribution in [2.24, 2.45) is 5.41 Å². The van der Waals surface area contributed by atoms with Crippen LogP contribution >= 0.6 is 0 Å². The number of nitrogens with one attached hydrogen (secondary N) is 1. The average Bonchev–Trinajstić information content (AvgIpc) is 2.70. The molecule has 2 rings (SSSR count). The predicted molar refractivity (Wildman–Crippen MR) is 67.3 cm³/mol. The van der Waals surface area contributed by atoms with Gasteiger partial charge in [-0.2, -0.15) is 0 Å². The zero-order chi connectivity index (χ0) is 14.3. The molecule has 19 heavy (non-hydrogen) atoms. The molecule has 4 nitrogen and oxygen atoms in total. The number of ether oxygens (including phenoxy) is 1. The summed E-state index contributed by atoms with van der Waals surface area (Å²) >= 11 is 0. The molecule has 2 aliphatic rings. The number of carbonyl (C=O) groups is 1. The highest BCUT2D eigenvalue weighted by Crippen LogP contribution is 2.47. The van der Waals surface area contributed by atoms with E-state index in [4.69, 9.17) is 4.74 Å². The van der Waals surface area contributed by atoms with Gasteiger partial charge in [0.2, 0.25) is 0 Å². The van der Waals surface area contributed by atoms with E-state index in [2.05, 4.69) is 5.32 Å². The minimum absolute atomic E-state index is 0.326. The molecular weight excluding hydrogens is 254 g/mol. The van der Waals surface area contributed by atoms with Gasteiger partial charge in [0, 0.05) is 13.1 Å². The van der Waals surface area contributed by atoms with Crippen LogP contribution in [0.4, 0.5) is 13.6 Å². The summed E-state index contributed by atoms with van der Waals surface area (Å²) in [6.45, 7) is 5.96. The van der Waals surface area contributed by atoms with E-state index in [1.165, 1.54) is 0 Å². The van der Waals surface area contributed by atoms with E-state index in [1.807, 2.05) is 0 Å². The monoisotopic (exact) mass is 276 g/mol. The van der Waals surface area contributed by atoms with Crippen molar-refractivity contribution in [2.75, 3.05) is 26.2 Å². The molecule has 1 amide bonds. The number of nitrogens with zero attached hydrogens (tertiary/aromatic N) is 1. The minimum atomic E-state index is -2.86. The van der Waals surface area contributed by atoms with Crippen molar-refractivity contribution in [1.82, 2.24) is 10.2 Å². The van der Waals surface area contributed by atoms with Crippen LogP contribution in [-0.2, 0) is 4.74 Å². The van der Waals surface area contributed by atoms with Gasteiger partial charge in [0.15, 0.2) is 0 Å². The molecule has 2 saturated heterocycles. The van der Waals surface area contributed by atoms with Gasteiger partial charge < -0.3 is 15.0 Å². The van der Waals surface area contributed by atoms with Gasteiger partial charge in [0.1, 0.15) is 5.60 Å². The summed E-state index contributed by atoms with van der Waals surface area (Å²) in [4.78, 5) is 13.0. The molecule has 110 valence electrons. The third kappa shape index (κ3) is 2.83. The number of likely N-dealkylation sites (tertiary alicyclic amines) is 1. The summed E-state index contributed by atoms with van der Waals surface area (Å²) in [5.74, 6) is -2.86. The van der Waals surface area contributed by atoms with E-state index in [0.29, 0.717) is 32.5 Å². The molecule has 2 aliphatic heterocycles. The van der Waals surface area contributed by atoms with Crippen LogP contribution in [0.3, 0.4) is 0 Å². The molecule has 0 aromatic heterocycles. The zero-order valence-corrected chi connectivity index (χ0v) is 11.8. The average molecular weight is 276 g/mol. The fourth-order valence-corrected chi connectivity index (χ4v) is 2.77. The lowest BCUT2D eigenvalue weighted by atomic mass is 9.74. The van der Waals surface area contributed by atoms with Crippen LogP contribution < -0.4 is 5.32 Å². The second kappa shape index (κ2) is 4.58. The number of hydrogen-bond acceptors (Lipinski definition) is 3. The fourth-order valence-electron chi connectivity index (χ4n) is 2.77. The van der Waals surface area contributed by atoms with Crippen molar-refractivity contribution in [3.8, 4) is 0 Å². The number of carbonyl (C=O) groups excluding carboxylic acids is 1. The molecule has 0 bridgehead atoms. The SMILES string of the molecule is CC(C)(C)OC(=O)N1CCC2(CCNC2)C(F)(F)C1. The zero-order valence-electron chi connectivity index (χ0n) is 11.8. The Bertz CT molecular complexity index is 360. The maximum Gasteiger partial charge on any atom is 0.410 e. The normalized spacial score (nSPS) is 30.7. The lowest BCUT2D eigenvalue weighted by Gasteiger charge is -2.45. The Labute approximate surface area is 112 Å². The van der Waals surface area contributed by atoms with Crippen molar-refractivity contribution in [3.05, 3.63) is 0 Å². The summed E-state index contributed by atoms with van der Waals surface area (Å²) in [5, 5.41) is 3.01. The molecule has 0 aromatic rings. The highest BCUT2D eigenvalue weighted by Gasteiger charge is 2.58. The Kier molecular flexibility index (Phi) is 3.49. The maximum atomic E-state index is 14.3. The van der Waals surface area contributed by atoms with E-state index in [0.717, 1.165) is 4.90 Å². The molecule has 2 fully saturated rings. The molecule has 1 unspecified atom stereocenters.